The van der Waals surface area contributed by atoms with E-state index in [0.717, 1.165) is 5.56 Å². The molecule has 2 rings (SSSR count). The highest BCUT2D eigenvalue weighted by molar-refractivity contribution is 6.24. The van der Waals surface area contributed by atoms with Crippen molar-refractivity contribution in [2.24, 2.45) is 5.73 Å². The number of rotatable bonds is 5. The summed E-state index contributed by atoms with van der Waals surface area (Å²) in [6.45, 7) is 7.14. The van der Waals surface area contributed by atoms with Crippen molar-refractivity contribution >= 4 is 23.5 Å². The van der Waals surface area contributed by atoms with Gasteiger partial charge >= 0.3 is 5.97 Å². The van der Waals surface area contributed by atoms with Crippen LogP contribution >= 0.6 is 0 Å². The molecule has 25 heavy (non-hydrogen) atoms. The Bertz CT molecular complexity index is 749. The summed E-state index contributed by atoms with van der Waals surface area (Å²) in [6, 6.07) is 4.39. The third-order valence-corrected chi connectivity index (χ3v) is 3.91. The van der Waals surface area contributed by atoms with Crippen LogP contribution in [0.25, 0.3) is 0 Å². The molecular weight excluding hydrogens is 320 g/mol. The van der Waals surface area contributed by atoms with Crippen LogP contribution < -0.4 is 5.73 Å². The monoisotopic (exact) mass is 344 g/mol. The maximum Gasteiger partial charge on any atom is 0.306 e. The fourth-order valence-corrected chi connectivity index (χ4v) is 2.88. The molecule has 0 fully saturated rings. The van der Waals surface area contributed by atoms with E-state index in [2.05, 4.69) is 0 Å². The molecule has 1 amide bonds. The second kappa shape index (κ2) is 6.66. The molecule has 0 unspecified atom stereocenters. The molecule has 134 valence electrons. The minimum Gasteiger partial charge on any atom is -0.460 e. The molecule has 0 saturated heterocycles. The number of amides is 1. The highest BCUT2D eigenvalue weighted by atomic mass is 16.6. The quantitative estimate of drug-likeness (QED) is 0.431. The zero-order valence-electron chi connectivity index (χ0n) is 15.0. The molecule has 0 spiro atoms. The normalized spacial score (nSPS) is 15.1. The maximum atomic E-state index is 12.7. The van der Waals surface area contributed by atoms with Crippen LogP contribution in [-0.4, -0.2) is 40.1 Å². The number of aryl methyl sites for hydroxylation is 1. The van der Waals surface area contributed by atoms with E-state index in [1.54, 1.807) is 32.9 Å². The van der Waals surface area contributed by atoms with E-state index in [1.807, 2.05) is 13.0 Å². The minimum absolute atomic E-state index is 0.00784. The van der Waals surface area contributed by atoms with E-state index in [1.165, 1.54) is 4.90 Å². The smallest absolute Gasteiger partial charge is 0.306 e. The molecule has 1 aliphatic heterocycles. The number of fused-ring (bicyclic) bond motifs is 1. The summed E-state index contributed by atoms with van der Waals surface area (Å²) in [6.07, 6.45) is 0.138. The van der Waals surface area contributed by atoms with Gasteiger partial charge in [0.25, 0.3) is 5.91 Å². The molecule has 4 N–H and O–H groups in total. The Hall–Kier alpha value is -2.70. The molecule has 1 heterocycles. The predicted octanol–water partition coefficient (Wildman–Crippen LogP) is 2.20. The van der Waals surface area contributed by atoms with E-state index in [9.17, 15) is 9.59 Å². The first-order chi connectivity index (χ1) is 11.5. The zero-order valence-corrected chi connectivity index (χ0v) is 15.0. The van der Waals surface area contributed by atoms with Gasteiger partial charge in [-0.05, 0) is 45.7 Å². The fourth-order valence-electron chi connectivity index (χ4n) is 2.88. The summed E-state index contributed by atoms with van der Waals surface area (Å²) in [7, 11) is 0. The number of ether oxygens (including phenoxy) is 1. The average molecular weight is 344 g/mol. The van der Waals surface area contributed by atoms with Gasteiger partial charge in [0.05, 0.1) is 11.6 Å². The van der Waals surface area contributed by atoms with E-state index in [0.29, 0.717) is 11.1 Å². The van der Waals surface area contributed by atoms with Gasteiger partial charge in [0.1, 0.15) is 17.3 Å². The Kier molecular flexibility index (Phi) is 4.97. The van der Waals surface area contributed by atoms with Crippen molar-refractivity contribution in [3.63, 3.8) is 0 Å². The molecular formula is C18H24N4O3. The van der Waals surface area contributed by atoms with E-state index in [-0.39, 0.29) is 30.4 Å². The van der Waals surface area contributed by atoms with Gasteiger partial charge in [0.2, 0.25) is 0 Å². The lowest BCUT2D eigenvalue weighted by atomic mass is 10.0. The molecule has 0 aromatic heterocycles. The van der Waals surface area contributed by atoms with Crippen LogP contribution in [0.5, 0.6) is 0 Å². The summed E-state index contributed by atoms with van der Waals surface area (Å²) in [5, 5.41) is 16.2. The summed E-state index contributed by atoms with van der Waals surface area (Å²) < 4.78 is 5.26. The van der Waals surface area contributed by atoms with Crippen LogP contribution in [0.4, 0.5) is 0 Å². The molecule has 7 nitrogen and oxygen atoms in total. The van der Waals surface area contributed by atoms with Gasteiger partial charge in [0.15, 0.2) is 0 Å². The van der Waals surface area contributed by atoms with Crippen molar-refractivity contribution in [2.75, 3.05) is 0 Å². The number of esters is 1. The Balaban J connectivity index is 2.21. The summed E-state index contributed by atoms with van der Waals surface area (Å²) in [5.41, 5.74) is 6.85. The van der Waals surface area contributed by atoms with Crippen molar-refractivity contribution in [3.8, 4) is 0 Å². The highest BCUT2D eigenvalue weighted by Gasteiger charge is 2.39. The van der Waals surface area contributed by atoms with E-state index < -0.39 is 17.6 Å². The van der Waals surface area contributed by atoms with Crippen molar-refractivity contribution < 1.29 is 14.3 Å². The lowest BCUT2D eigenvalue weighted by molar-refractivity contribution is -0.155. The van der Waals surface area contributed by atoms with Crippen LogP contribution in [0.3, 0.4) is 0 Å². The van der Waals surface area contributed by atoms with Crippen LogP contribution in [0.1, 0.15) is 55.1 Å². The molecule has 0 bridgehead atoms. The van der Waals surface area contributed by atoms with Crippen LogP contribution in [0, 0.1) is 17.7 Å². The Morgan fingerprint density at radius 3 is 2.52 bits per heavy atom. The summed E-state index contributed by atoms with van der Waals surface area (Å²) >= 11 is 0. The zero-order chi connectivity index (χ0) is 18.9. The first-order valence-corrected chi connectivity index (χ1v) is 8.11. The van der Waals surface area contributed by atoms with Crippen LogP contribution in [0.2, 0.25) is 0 Å². The SMILES string of the molecule is Cc1cccc2c1C(=N)N([C@@H](CCC(=O)OC(C)(C)C)C(=N)N)C2=O. The topological polar surface area (TPSA) is 120 Å². The largest absolute Gasteiger partial charge is 0.460 e. The average Bonchev–Trinajstić information content (AvgIpc) is 2.71. The van der Waals surface area contributed by atoms with Crippen LogP contribution in [0.15, 0.2) is 18.2 Å². The number of nitrogens with two attached hydrogens (primary N) is 1. The fraction of sp³-hybridized carbons (Fsp3) is 0.444. The first-order valence-electron chi connectivity index (χ1n) is 8.11. The lowest BCUT2D eigenvalue weighted by Crippen LogP contribution is -2.47. The van der Waals surface area contributed by atoms with Gasteiger partial charge in [0, 0.05) is 12.0 Å². The highest BCUT2D eigenvalue weighted by Crippen LogP contribution is 2.28. The summed E-state index contributed by atoms with van der Waals surface area (Å²) in [4.78, 5) is 25.8. The molecule has 1 atom stereocenters. The third kappa shape index (κ3) is 3.87. The molecule has 0 aliphatic carbocycles. The Morgan fingerprint density at radius 2 is 2.00 bits per heavy atom. The standard InChI is InChI=1S/C18H24N4O3/c1-10-6-5-7-11-14(10)16(21)22(17(11)24)12(15(19)20)8-9-13(23)25-18(2,3)4/h5-7,12,21H,8-9H2,1-4H3,(H3,19,20)/t12-/m0/s1. The second-order valence-corrected chi connectivity index (χ2v) is 7.12. The maximum absolute atomic E-state index is 12.7. The molecule has 7 heteroatoms. The number of nitrogens with zero attached hydrogens (tertiary/aromatic N) is 1. The van der Waals surface area contributed by atoms with E-state index >= 15 is 0 Å². The number of amidine groups is 2. The number of carbonyl (C=O) groups is 2. The number of carbonyl (C=O) groups excluding carboxylic acids is 2. The number of nitrogens with one attached hydrogen (secondary N) is 2. The van der Waals surface area contributed by atoms with E-state index in [4.69, 9.17) is 21.3 Å². The van der Waals surface area contributed by atoms with Gasteiger partial charge in [-0.25, -0.2) is 0 Å². The van der Waals surface area contributed by atoms with Crippen molar-refractivity contribution in [2.45, 2.75) is 52.2 Å². The Labute approximate surface area is 147 Å². The number of hydrogen-bond donors (Lipinski definition) is 3. The first kappa shape index (κ1) is 18.6. The molecule has 1 aromatic carbocycles. The number of benzene rings is 1. The predicted molar refractivity (Wildman–Crippen MR) is 95.0 cm³/mol. The number of hydrogen-bond acceptors (Lipinski definition) is 5. The second-order valence-electron chi connectivity index (χ2n) is 7.12. The van der Waals surface area contributed by atoms with Gasteiger partial charge in [-0.15, -0.1) is 0 Å². The van der Waals surface area contributed by atoms with Gasteiger partial charge in [-0.1, -0.05) is 12.1 Å². The lowest BCUT2D eigenvalue weighted by Gasteiger charge is -2.27. The van der Waals surface area contributed by atoms with Gasteiger partial charge < -0.3 is 10.5 Å². The summed E-state index contributed by atoms with van der Waals surface area (Å²) in [5.74, 6) is -1.03. The molecule has 0 saturated carbocycles. The molecule has 1 aromatic rings. The third-order valence-electron chi connectivity index (χ3n) is 3.91. The molecule has 0 radical (unpaired) electrons. The van der Waals surface area contributed by atoms with Crippen molar-refractivity contribution in [3.05, 3.63) is 34.9 Å². The van der Waals surface area contributed by atoms with Gasteiger partial charge in [-0.3, -0.25) is 25.3 Å². The van der Waals surface area contributed by atoms with Gasteiger partial charge in [-0.2, -0.15) is 0 Å². The van der Waals surface area contributed by atoms with Crippen molar-refractivity contribution in [1.29, 1.82) is 10.8 Å². The van der Waals surface area contributed by atoms with Crippen molar-refractivity contribution in [1.82, 2.24) is 4.90 Å². The van der Waals surface area contributed by atoms with Crippen LogP contribution in [-0.2, 0) is 9.53 Å². The Morgan fingerprint density at radius 1 is 1.36 bits per heavy atom. The minimum atomic E-state index is -0.848. The molecule has 1 aliphatic rings.